The highest BCUT2D eigenvalue weighted by Gasteiger charge is 2.21. The van der Waals surface area contributed by atoms with E-state index in [1.54, 1.807) is 0 Å². The molecule has 5 heteroatoms. The Labute approximate surface area is 143 Å². The van der Waals surface area contributed by atoms with E-state index in [4.69, 9.17) is 17.2 Å². The van der Waals surface area contributed by atoms with Crippen molar-refractivity contribution in [2.75, 3.05) is 33.1 Å². The SMILES string of the molecule is CN(C)C(=S)N(C(=Nc1ccccc1)N(C)C)c1ccccc1. The molecule has 0 radical (unpaired) electrons. The molecule has 23 heavy (non-hydrogen) atoms. The molecule has 0 amide bonds. The number of benzene rings is 2. The van der Waals surface area contributed by atoms with Crippen LogP contribution in [0.4, 0.5) is 11.4 Å². The first-order valence-electron chi connectivity index (χ1n) is 7.38. The molecule has 0 saturated heterocycles. The second-order valence-corrected chi connectivity index (χ2v) is 5.85. The van der Waals surface area contributed by atoms with Crippen LogP contribution in [0.25, 0.3) is 0 Å². The third kappa shape index (κ3) is 4.29. The number of nitrogens with zero attached hydrogens (tertiary/aromatic N) is 4. The van der Waals surface area contributed by atoms with E-state index in [2.05, 4.69) is 0 Å². The first kappa shape index (κ1) is 17.0. The summed E-state index contributed by atoms with van der Waals surface area (Å²) in [6.45, 7) is 0. The van der Waals surface area contributed by atoms with Crippen LogP contribution in [0.15, 0.2) is 65.7 Å². The van der Waals surface area contributed by atoms with Gasteiger partial charge in [-0.25, -0.2) is 4.99 Å². The topological polar surface area (TPSA) is 22.1 Å². The lowest BCUT2D eigenvalue weighted by Gasteiger charge is -2.33. The predicted octanol–water partition coefficient (Wildman–Crippen LogP) is 3.59. The smallest absolute Gasteiger partial charge is 0.212 e. The van der Waals surface area contributed by atoms with Crippen molar-refractivity contribution in [3.8, 4) is 0 Å². The third-order valence-electron chi connectivity index (χ3n) is 3.17. The van der Waals surface area contributed by atoms with E-state index in [1.165, 1.54) is 0 Å². The fraction of sp³-hybridized carbons (Fsp3) is 0.222. The highest BCUT2D eigenvalue weighted by Crippen LogP contribution is 2.20. The van der Waals surface area contributed by atoms with Crippen molar-refractivity contribution in [3.05, 3.63) is 60.7 Å². The Bertz CT molecular complexity index is 666. The van der Waals surface area contributed by atoms with Crippen LogP contribution in [0, 0.1) is 0 Å². The van der Waals surface area contributed by atoms with E-state index in [1.807, 2.05) is 104 Å². The van der Waals surface area contributed by atoms with Crippen LogP contribution in [0.2, 0.25) is 0 Å². The number of hydrogen-bond acceptors (Lipinski definition) is 2. The van der Waals surface area contributed by atoms with Crippen LogP contribution < -0.4 is 4.90 Å². The number of hydrogen-bond donors (Lipinski definition) is 0. The Hall–Kier alpha value is -2.40. The fourth-order valence-corrected chi connectivity index (χ4v) is 2.24. The van der Waals surface area contributed by atoms with Gasteiger partial charge >= 0.3 is 0 Å². The van der Waals surface area contributed by atoms with E-state index in [-0.39, 0.29) is 0 Å². The molecule has 0 atom stereocenters. The van der Waals surface area contributed by atoms with Gasteiger partial charge in [0.15, 0.2) is 5.11 Å². The quantitative estimate of drug-likeness (QED) is 0.478. The third-order valence-corrected chi connectivity index (χ3v) is 3.72. The minimum Gasteiger partial charge on any atom is -0.355 e. The lowest BCUT2D eigenvalue weighted by atomic mass is 10.3. The maximum absolute atomic E-state index is 5.64. The van der Waals surface area contributed by atoms with Gasteiger partial charge in [0.05, 0.1) is 11.4 Å². The molecule has 0 bridgehead atoms. The number of rotatable bonds is 2. The van der Waals surface area contributed by atoms with E-state index >= 15 is 0 Å². The summed E-state index contributed by atoms with van der Waals surface area (Å²) in [7, 11) is 7.81. The first-order valence-corrected chi connectivity index (χ1v) is 7.79. The summed E-state index contributed by atoms with van der Waals surface area (Å²) >= 11 is 5.64. The van der Waals surface area contributed by atoms with E-state index in [9.17, 15) is 0 Å². The molecule has 0 saturated carbocycles. The van der Waals surface area contributed by atoms with Crippen LogP contribution in [0.1, 0.15) is 0 Å². The van der Waals surface area contributed by atoms with Crippen molar-refractivity contribution >= 4 is 34.7 Å². The maximum atomic E-state index is 5.64. The molecule has 2 aromatic rings. The van der Waals surface area contributed by atoms with Crippen LogP contribution in [0.5, 0.6) is 0 Å². The lowest BCUT2D eigenvalue weighted by Crippen LogP contribution is -2.48. The zero-order valence-electron chi connectivity index (χ0n) is 14.0. The molecule has 0 heterocycles. The van der Waals surface area contributed by atoms with Crippen LogP contribution in [-0.4, -0.2) is 49.1 Å². The van der Waals surface area contributed by atoms with Crippen LogP contribution in [-0.2, 0) is 0 Å². The van der Waals surface area contributed by atoms with Gasteiger partial charge in [-0.1, -0.05) is 36.4 Å². The van der Waals surface area contributed by atoms with Crippen molar-refractivity contribution in [1.29, 1.82) is 0 Å². The molecule has 4 nitrogen and oxygen atoms in total. The predicted molar refractivity (Wildman–Crippen MR) is 102 cm³/mol. The molecular formula is C18H22N4S. The van der Waals surface area contributed by atoms with Gasteiger partial charge in [0.2, 0.25) is 5.96 Å². The summed E-state index contributed by atoms with van der Waals surface area (Å²) in [5, 5.41) is 0.680. The van der Waals surface area contributed by atoms with Crippen LogP contribution >= 0.6 is 12.2 Å². The van der Waals surface area contributed by atoms with Gasteiger partial charge in [-0.3, -0.25) is 4.90 Å². The number of para-hydroxylation sites is 2. The average Bonchev–Trinajstić information content (AvgIpc) is 2.55. The Kier molecular flexibility index (Phi) is 5.71. The van der Waals surface area contributed by atoms with Gasteiger partial charge in [0.1, 0.15) is 0 Å². The van der Waals surface area contributed by atoms with Crippen molar-refractivity contribution in [3.63, 3.8) is 0 Å². The Balaban J connectivity index is 2.54. The van der Waals surface area contributed by atoms with Crippen molar-refractivity contribution in [1.82, 2.24) is 9.80 Å². The number of guanidine groups is 1. The molecule has 2 rings (SSSR count). The van der Waals surface area contributed by atoms with Crippen LogP contribution in [0.3, 0.4) is 0 Å². The molecule has 0 unspecified atom stereocenters. The molecule has 0 spiro atoms. The Morgan fingerprint density at radius 2 is 1.30 bits per heavy atom. The molecule has 0 fully saturated rings. The number of aliphatic imine (C=N–C) groups is 1. The summed E-state index contributed by atoms with van der Waals surface area (Å²) in [6, 6.07) is 19.9. The van der Waals surface area contributed by atoms with Crippen molar-refractivity contribution in [2.24, 2.45) is 4.99 Å². The van der Waals surface area contributed by atoms with Crippen molar-refractivity contribution < 1.29 is 0 Å². The minimum absolute atomic E-state index is 0.680. The second-order valence-electron chi connectivity index (χ2n) is 5.49. The minimum atomic E-state index is 0.680. The van der Waals surface area contributed by atoms with Gasteiger partial charge in [-0.15, -0.1) is 0 Å². The molecule has 0 aliphatic carbocycles. The monoisotopic (exact) mass is 326 g/mol. The summed E-state index contributed by atoms with van der Waals surface area (Å²) < 4.78 is 0. The van der Waals surface area contributed by atoms with E-state index in [0.29, 0.717) is 5.11 Å². The fourth-order valence-electron chi connectivity index (χ4n) is 2.06. The summed E-state index contributed by atoms with van der Waals surface area (Å²) in [4.78, 5) is 10.6. The summed E-state index contributed by atoms with van der Waals surface area (Å²) in [5.41, 5.74) is 1.87. The summed E-state index contributed by atoms with van der Waals surface area (Å²) in [6.07, 6.45) is 0. The van der Waals surface area contributed by atoms with Gasteiger partial charge < -0.3 is 9.80 Å². The largest absolute Gasteiger partial charge is 0.355 e. The maximum Gasteiger partial charge on any atom is 0.212 e. The molecular weight excluding hydrogens is 304 g/mol. The Morgan fingerprint density at radius 1 is 0.783 bits per heavy atom. The van der Waals surface area contributed by atoms with Gasteiger partial charge in [0.25, 0.3) is 0 Å². The normalized spacial score (nSPS) is 11.0. The van der Waals surface area contributed by atoms with Crippen molar-refractivity contribution in [2.45, 2.75) is 0 Å². The molecule has 0 aromatic heterocycles. The highest BCUT2D eigenvalue weighted by molar-refractivity contribution is 7.80. The standard InChI is InChI=1S/C18H22N4S/c1-20(2)17(19-15-11-7-5-8-12-15)22(18(23)21(3)4)16-13-9-6-10-14-16/h5-14H,1-4H3. The zero-order valence-corrected chi connectivity index (χ0v) is 14.8. The molecule has 120 valence electrons. The van der Waals surface area contributed by atoms with Gasteiger partial charge in [-0.2, -0.15) is 0 Å². The van der Waals surface area contributed by atoms with Gasteiger partial charge in [-0.05, 0) is 36.5 Å². The van der Waals surface area contributed by atoms with E-state index < -0.39 is 0 Å². The number of anilines is 1. The van der Waals surface area contributed by atoms with Gasteiger partial charge in [0, 0.05) is 28.2 Å². The molecule has 0 N–H and O–H groups in total. The zero-order chi connectivity index (χ0) is 16.8. The number of thiocarbonyl (C=S) groups is 1. The average molecular weight is 326 g/mol. The second kappa shape index (κ2) is 7.74. The Morgan fingerprint density at radius 3 is 1.78 bits per heavy atom. The molecule has 0 aliphatic heterocycles. The summed E-state index contributed by atoms with van der Waals surface area (Å²) in [5.74, 6) is 0.765. The van der Waals surface area contributed by atoms with E-state index in [0.717, 1.165) is 17.3 Å². The first-order chi connectivity index (χ1) is 11.0. The highest BCUT2D eigenvalue weighted by atomic mass is 32.1. The lowest BCUT2D eigenvalue weighted by molar-refractivity contribution is 0.594. The molecule has 2 aromatic carbocycles. The molecule has 0 aliphatic rings.